The second-order valence-electron chi connectivity index (χ2n) is 3.27. The third-order valence-electron chi connectivity index (χ3n) is 1.88. The normalized spacial score (nSPS) is 18.3. The first-order valence-corrected chi connectivity index (χ1v) is 4.47. The van der Waals surface area contributed by atoms with E-state index in [1.165, 1.54) is 6.92 Å². The molecule has 0 aromatic carbocycles. The summed E-state index contributed by atoms with van der Waals surface area (Å²) in [6.45, 7) is 0.821. The molecule has 94 valence electrons. The molecule has 0 spiro atoms. The first kappa shape index (κ1) is 14.8. The Bertz CT molecular complexity index is 257. The molecule has 16 heavy (non-hydrogen) atoms. The molecule has 0 aromatic heterocycles. The van der Waals surface area contributed by atoms with Gasteiger partial charge in [-0.15, -0.1) is 0 Å². The molecule has 0 saturated heterocycles. The SMILES string of the molecule is CC(=O)NC[C@H](O)[C@@H](O)[C@H](O)[C@H](O)C(=O)O. The van der Waals surface area contributed by atoms with E-state index < -0.39 is 36.3 Å². The van der Waals surface area contributed by atoms with Gasteiger partial charge in [-0.05, 0) is 0 Å². The van der Waals surface area contributed by atoms with Crippen LogP contribution in [0.15, 0.2) is 0 Å². The van der Waals surface area contributed by atoms with Crippen molar-refractivity contribution < 1.29 is 35.1 Å². The maximum atomic E-state index is 10.5. The fourth-order valence-electron chi connectivity index (χ4n) is 0.929. The lowest BCUT2D eigenvalue weighted by molar-refractivity contribution is -0.162. The monoisotopic (exact) mass is 237 g/mol. The summed E-state index contributed by atoms with van der Waals surface area (Å²) in [7, 11) is 0. The van der Waals surface area contributed by atoms with Crippen molar-refractivity contribution in [2.75, 3.05) is 6.54 Å². The quantitative estimate of drug-likeness (QED) is 0.283. The number of hydrogen-bond acceptors (Lipinski definition) is 6. The minimum absolute atomic E-state index is 0.361. The fraction of sp³-hybridized carbons (Fsp3) is 0.750. The van der Waals surface area contributed by atoms with Crippen molar-refractivity contribution in [2.45, 2.75) is 31.3 Å². The summed E-state index contributed by atoms with van der Waals surface area (Å²) in [6.07, 6.45) is -7.70. The lowest BCUT2D eigenvalue weighted by atomic mass is 10.0. The average molecular weight is 237 g/mol. The summed E-state index contributed by atoms with van der Waals surface area (Å²) < 4.78 is 0. The zero-order chi connectivity index (χ0) is 12.9. The van der Waals surface area contributed by atoms with Crippen LogP contribution in [-0.4, -0.2) is 68.4 Å². The molecule has 4 atom stereocenters. The Morgan fingerprint density at radius 2 is 1.62 bits per heavy atom. The molecule has 0 heterocycles. The van der Waals surface area contributed by atoms with Gasteiger partial charge in [0.25, 0.3) is 0 Å². The van der Waals surface area contributed by atoms with Crippen LogP contribution in [0.4, 0.5) is 0 Å². The molecular formula is C8H15NO7. The number of carbonyl (C=O) groups excluding carboxylic acids is 1. The number of aliphatic hydroxyl groups is 4. The standard InChI is InChI=1S/C8H15NO7/c1-3(10)9-2-4(11)5(12)6(13)7(14)8(15)16/h4-7,11-14H,2H2,1H3,(H,9,10)(H,15,16)/t4-,5+,6-,7-/m0/s1. The highest BCUT2D eigenvalue weighted by atomic mass is 16.4. The Labute approximate surface area is 91.1 Å². The molecule has 1 amide bonds. The molecule has 8 nitrogen and oxygen atoms in total. The van der Waals surface area contributed by atoms with Crippen molar-refractivity contribution in [3.05, 3.63) is 0 Å². The minimum atomic E-state index is -2.21. The minimum Gasteiger partial charge on any atom is -0.479 e. The van der Waals surface area contributed by atoms with E-state index in [1.807, 2.05) is 0 Å². The Morgan fingerprint density at radius 3 is 2.00 bits per heavy atom. The smallest absolute Gasteiger partial charge is 0.335 e. The van der Waals surface area contributed by atoms with Gasteiger partial charge in [0.05, 0.1) is 6.10 Å². The van der Waals surface area contributed by atoms with Crippen LogP contribution in [0, 0.1) is 0 Å². The largest absolute Gasteiger partial charge is 0.479 e. The van der Waals surface area contributed by atoms with Crippen LogP contribution >= 0.6 is 0 Å². The molecule has 0 rings (SSSR count). The Hall–Kier alpha value is -1.22. The number of carboxylic acid groups (broad SMARTS) is 1. The molecule has 6 N–H and O–H groups in total. The van der Waals surface area contributed by atoms with Crippen molar-refractivity contribution in [2.24, 2.45) is 0 Å². The van der Waals surface area contributed by atoms with E-state index in [4.69, 9.17) is 15.3 Å². The lowest BCUT2D eigenvalue weighted by Crippen LogP contribution is -2.50. The molecule has 0 bridgehead atoms. The van der Waals surface area contributed by atoms with Gasteiger partial charge in [0, 0.05) is 13.5 Å². The van der Waals surface area contributed by atoms with Gasteiger partial charge in [0.2, 0.25) is 5.91 Å². The summed E-state index contributed by atoms with van der Waals surface area (Å²) in [5, 5.41) is 47.0. The summed E-state index contributed by atoms with van der Waals surface area (Å²) in [5.41, 5.74) is 0. The Kier molecular flexibility index (Phi) is 5.89. The zero-order valence-corrected chi connectivity index (χ0v) is 8.57. The molecule has 0 fully saturated rings. The number of aliphatic hydroxyl groups excluding tert-OH is 4. The van der Waals surface area contributed by atoms with E-state index >= 15 is 0 Å². The van der Waals surface area contributed by atoms with Crippen LogP contribution in [0.1, 0.15) is 6.92 Å². The fourth-order valence-corrected chi connectivity index (χ4v) is 0.929. The van der Waals surface area contributed by atoms with E-state index in [2.05, 4.69) is 5.32 Å². The third-order valence-corrected chi connectivity index (χ3v) is 1.88. The third kappa shape index (κ3) is 4.53. The molecule has 0 aromatic rings. The number of aliphatic carboxylic acids is 1. The van der Waals surface area contributed by atoms with Gasteiger partial charge in [0.1, 0.15) is 12.2 Å². The summed E-state index contributed by atoms with van der Waals surface area (Å²) >= 11 is 0. The maximum absolute atomic E-state index is 10.5. The number of rotatable bonds is 6. The average Bonchev–Trinajstić information content (AvgIpc) is 2.22. The van der Waals surface area contributed by atoms with Gasteiger partial charge in [-0.3, -0.25) is 4.79 Å². The van der Waals surface area contributed by atoms with E-state index in [0.29, 0.717) is 0 Å². The molecule has 0 saturated carbocycles. The van der Waals surface area contributed by atoms with Crippen LogP contribution in [0.3, 0.4) is 0 Å². The summed E-state index contributed by atoms with van der Waals surface area (Å²) in [6, 6.07) is 0. The number of hydrogen-bond donors (Lipinski definition) is 6. The molecule has 8 heteroatoms. The Morgan fingerprint density at radius 1 is 1.12 bits per heavy atom. The number of amides is 1. The lowest BCUT2D eigenvalue weighted by Gasteiger charge is -2.24. The van der Waals surface area contributed by atoms with Crippen molar-refractivity contribution in [1.82, 2.24) is 5.32 Å². The van der Waals surface area contributed by atoms with Crippen LogP contribution < -0.4 is 5.32 Å². The topological polar surface area (TPSA) is 147 Å². The van der Waals surface area contributed by atoms with Gasteiger partial charge in [-0.25, -0.2) is 4.79 Å². The Balaban J connectivity index is 4.25. The number of nitrogens with one attached hydrogen (secondary N) is 1. The van der Waals surface area contributed by atoms with Gasteiger partial charge >= 0.3 is 5.97 Å². The van der Waals surface area contributed by atoms with E-state index in [-0.39, 0.29) is 6.54 Å². The first-order valence-electron chi connectivity index (χ1n) is 4.47. The van der Waals surface area contributed by atoms with Gasteiger partial charge in [0.15, 0.2) is 6.10 Å². The molecule has 0 radical (unpaired) electrons. The highest BCUT2D eigenvalue weighted by Crippen LogP contribution is 2.05. The van der Waals surface area contributed by atoms with Crippen LogP contribution in [0.25, 0.3) is 0 Å². The molecule has 0 aliphatic rings. The van der Waals surface area contributed by atoms with Crippen LogP contribution in [0.2, 0.25) is 0 Å². The van der Waals surface area contributed by atoms with Crippen LogP contribution in [0.5, 0.6) is 0 Å². The second-order valence-corrected chi connectivity index (χ2v) is 3.27. The van der Waals surface area contributed by atoms with E-state index in [9.17, 15) is 19.8 Å². The zero-order valence-electron chi connectivity index (χ0n) is 8.57. The molecular weight excluding hydrogens is 222 g/mol. The van der Waals surface area contributed by atoms with E-state index in [1.54, 1.807) is 0 Å². The van der Waals surface area contributed by atoms with Gasteiger partial charge in [-0.1, -0.05) is 0 Å². The molecule has 0 aliphatic heterocycles. The number of carbonyl (C=O) groups is 2. The number of carboxylic acids is 1. The maximum Gasteiger partial charge on any atom is 0.335 e. The van der Waals surface area contributed by atoms with Gasteiger partial charge < -0.3 is 30.8 Å². The summed E-state index contributed by atoms with van der Waals surface area (Å²) in [4.78, 5) is 20.7. The highest BCUT2D eigenvalue weighted by molar-refractivity contribution is 5.73. The van der Waals surface area contributed by atoms with E-state index in [0.717, 1.165) is 0 Å². The molecule has 0 unspecified atom stereocenters. The predicted molar refractivity (Wildman–Crippen MR) is 50.3 cm³/mol. The second kappa shape index (κ2) is 6.38. The summed E-state index contributed by atoms with van der Waals surface area (Å²) in [5.74, 6) is -2.18. The molecule has 0 aliphatic carbocycles. The van der Waals surface area contributed by atoms with Crippen molar-refractivity contribution in [1.29, 1.82) is 0 Å². The highest BCUT2D eigenvalue weighted by Gasteiger charge is 2.34. The van der Waals surface area contributed by atoms with Crippen molar-refractivity contribution >= 4 is 11.9 Å². The van der Waals surface area contributed by atoms with Crippen LogP contribution in [-0.2, 0) is 9.59 Å². The van der Waals surface area contributed by atoms with Crippen molar-refractivity contribution in [3.8, 4) is 0 Å². The van der Waals surface area contributed by atoms with Crippen molar-refractivity contribution in [3.63, 3.8) is 0 Å². The predicted octanol–water partition coefficient (Wildman–Crippen LogP) is -3.35. The first-order chi connectivity index (χ1) is 7.27. The van der Waals surface area contributed by atoms with Gasteiger partial charge in [-0.2, -0.15) is 0 Å².